The molecule has 1 amide bonds. The Kier molecular flexibility index (Phi) is 6.35. The third-order valence-corrected chi connectivity index (χ3v) is 1.08. The third kappa shape index (κ3) is 9.15. The molecule has 0 unspecified atom stereocenters. The van der Waals surface area contributed by atoms with Gasteiger partial charge in [0, 0.05) is 20.1 Å². The van der Waals surface area contributed by atoms with Gasteiger partial charge in [0.25, 0.3) is 0 Å². The lowest BCUT2D eigenvalue weighted by Crippen LogP contribution is -2.26. The number of hydrogen-bond acceptors (Lipinski definition) is 4. The summed E-state index contributed by atoms with van der Waals surface area (Å²) in [5.41, 5.74) is 0. The van der Waals surface area contributed by atoms with Gasteiger partial charge >= 0.3 is 6.09 Å². The summed E-state index contributed by atoms with van der Waals surface area (Å²) in [4.78, 5) is 9.93. The first kappa shape index (κ1) is 11.2. The molecular formula is C6H14N2O4. The van der Waals surface area contributed by atoms with Crippen LogP contribution in [0.5, 0.6) is 0 Å². The Labute approximate surface area is 70.7 Å². The molecule has 6 nitrogen and oxygen atoms in total. The quantitative estimate of drug-likeness (QED) is 0.380. The molecule has 12 heavy (non-hydrogen) atoms. The molecule has 0 heterocycles. The maximum atomic E-state index is 9.93. The van der Waals surface area contributed by atoms with Crippen LogP contribution in [0.3, 0.4) is 0 Å². The largest absolute Gasteiger partial charge is 0.465 e. The molecule has 0 bridgehead atoms. The first-order valence-corrected chi connectivity index (χ1v) is 3.57. The lowest BCUT2D eigenvalue weighted by Gasteiger charge is -2.07. The van der Waals surface area contributed by atoms with Crippen LogP contribution in [0.2, 0.25) is 0 Å². The van der Waals surface area contributed by atoms with Crippen LogP contribution in [-0.2, 0) is 4.74 Å². The molecule has 0 rings (SSSR count). The normalized spacial score (nSPS) is 10.2. The van der Waals surface area contributed by atoms with Crippen LogP contribution in [0.15, 0.2) is 0 Å². The lowest BCUT2D eigenvalue weighted by atomic mass is 10.6. The van der Waals surface area contributed by atoms with Gasteiger partial charge in [-0.05, 0) is 0 Å². The molecule has 0 aliphatic heterocycles. The minimum atomic E-state index is -1.06. The average molecular weight is 178 g/mol. The summed E-state index contributed by atoms with van der Waals surface area (Å²) in [7, 11) is 1.51. The molecule has 6 heteroatoms. The Balaban J connectivity index is 2.96. The predicted octanol–water partition coefficient (Wildman–Crippen LogP) is -0.408. The molecule has 0 aromatic carbocycles. The van der Waals surface area contributed by atoms with E-state index in [0.29, 0.717) is 19.8 Å². The van der Waals surface area contributed by atoms with Crippen molar-refractivity contribution < 1.29 is 19.8 Å². The van der Waals surface area contributed by atoms with E-state index in [2.05, 4.69) is 5.32 Å². The number of hydrogen-bond donors (Lipinski definition) is 3. The SMILES string of the molecule is CN(O)CCOCCNC(=O)O. The monoisotopic (exact) mass is 178 g/mol. The van der Waals surface area contributed by atoms with Gasteiger partial charge in [0.2, 0.25) is 0 Å². The topological polar surface area (TPSA) is 82.0 Å². The van der Waals surface area contributed by atoms with Crippen molar-refractivity contribution in [2.24, 2.45) is 0 Å². The highest BCUT2D eigenvalue weighted by molar-refractivity contribution is 5.64. The number of hydroxylamine groups is 2. The van der Waals surface area contributed by atoms with Gasteiger partial charge in [-0.3, -0.25) is 0 Å². The minimum absolute atomic E-state index is 0.268. The first-order chi connectivity index (χ1) is 5.63. The number of carboxylic acid groups (broad SMARTS) is 1. The average Bonchev–Trinajstić information content (AvgIpc) is 1.95. The van der Waals surface area contributed by atoms with Gasteiger partial charge in [0.1, 0.15) is 0 Å². The lowest BCUT2D eigenvalue weighted by molar-refractivity contribution is -0.0800. The maximum absolute atomic E-state index is 9.93. The molecule has 3 N–H and O–H groups in total. The highest BCUT2D eigenvalue weighted by Crippen LogP contribution is 1.77. The molecule has 0 spiro atoms. The second kappa shape index (κ2) is 6.84. The van der Waals surface area contributed by atoms with Gasteiger partial charge in [-0.25, -0.2) is 4.79 Å². The summed E-state index contributed by atoms with van der Waals surface area (Å²) >= 11 is 0. The summed E-state index contributed by atoms with van der Waals surface area (Å²) in [5, 5.41) is 19.9. The summed E-state index contributed by atoms with van der Waals surface area (Å²) < 4.78 is 4.97. The van der Waals surface area contributed by atoms with Gasteiger partial charge in [-0.2, -0.15) is 5.06 Å². The number of amides is 1. The minimum Gasteiger partial charge on any atom is -0.465 e. The molecule has 0 saturated heterocycles. The Morgan fingerprint density at radius 2 is 2.25 bits per heavy atom. The molecular weight excluding hydrogens is 164 g/mol. The van der Waals surface area contributed by atoms with Crippen molar-refractivity contribution in [3.05, 3.63) is 0 Å². The third-order valence-electron chi connectivity index (χ3n) is 1.08. The van der Waals surface area contributed by atoms with Gasteiger partial charge < -0.3 is 20.4 Å². The summed E-state index contributed by atoms with van der Waals surface area (Å²) in [5.74, 6) is 0. The van der Waals surface area contributed by atoms with Crippen LogP contribution in [0.25, 0.3) is 0 Å². The fourth-order valence-electron chi connectivity index (χ4n) is 0.529. The summed E-state index contributed by atoms with van der Waals surface area (Å²) in [6, 6.07) is 0. The van der Waals surface area contributed by atoms with E-state index >= 15 is 0 Å². The number of nitrogens with one attached hydrogen (secondary N) is 1. The highest BCUT2D eigenvalue weighted by atomic mass is 16.5. The van der Waals surface area contributed by atoms with Gasteiger partial charge in [0.15, 0.2) is 0 Å². The van der Waals surface area contributed by atoms with E-state index < -0.39 is 6.09 Å². The Hall–Kier alpha value is -0.850. The molecule has 72 valence electrons. The summed E-state index contributed by atoms with van der Waals surface area (Å²) in [6.45, 7) is 1.38. The highest BCUT2D eigenvalue weighted by Gasteiger charge is 1.94. The standard InChI is InChI=1S/C6H14N2O4/c1-8(11)3-5-12-4-2-7-6(9)10/h7,11H,2-5H2,1H3,(H,9,10). The van der Waals surface area contributed by atoms with Gasteiger partial charge in [-0.15, -0.1) is 0 Å². The van der Waals surface area contributed by atoms with Crippen molar-refractivity contribution in [2.45, 2.75) is 0 Å². The van der Waals surface area contributed by atoms with Crippen LogP contribution in [0, 0.1) is 0 Å². The van der Waals surface area contributed by atoms with E-state index in [9.17, 15) is 4.79 Å². The van der Waals surface area contributed by atoms with Gasteiger partial charge in [-0.1, -0.05) is 0 Å². The van der Waals surface area contributed by atoms with E-state index in [1.54, 1.807) is 0 Å². The van der Waals surface area contributed by atoms with Crippen molar-refractivity contribution in [1.82, 2.24) is 10.4 Å². The first-order valence-electron chi connectivity index (χ1n) is 3.57. The molecule has 0 atom stereocenters. The number of carbonyl (C=O) groups is 1. The van der Waals surface area contributed by atoms with E-state index in [1.165, 1.54) is 7.05 Å². The van der Waals surface area contributed by atoms with E-state index in [-0.39, 0.29) is 6.54 Å². The Morgan fingerprint density at radius 1 is 1.58 bits per heavy atom. The van der Waals surface area contributed by atoms with Crippen molar-refractivity contribution >= 4 is 6.09 Å². The molecule has 0 aromatic heterocycles. The van der Waals surface area contributed by atoms with E-state index in [1.807, 2.05) is 0 Å². The number of rotatable bonds is 6. The molecule has 0 saturated carbocycles. The Morgan fingerprint density at radius 3 is 2.75 bits per heavy atom. The summed E-state index contributed by atoms with van der Waals surface area (Å²) in [6.07, 6.45) is -1.06. The predicted molar refractivity (Wildman–Crippen MR) is 41.3 cm³/mol. The smallest absolute Gasteiger partial charge is 0.404 e. The van der Waals surface area contributed by atoms with E-state index in [4.69, 9.17) is 15.1 Å². The van der Waals surface area contributed by atoms with Crippen molar-refractivity contribution in [1.29, 1.82) is 0 Å². The zero-order chi connectivity index (χ0) is 9.40. The number of ether oxygens (including phenoxy) is 1. The zero-order valence-electron chi connectivity index (χ0n) is 6.99. The number of nitrogens with zero attached hydrogens (tertiary/aromatic N) is 1. The van der Waals surface area contributed by atoms with Crippen LogP contribution in [0.4, 0.5) is 4.79 Å². The fourth-order valence-corrected chi connectivity index (χ4v) is 0.529. The zero-order valence-corrected chi connectivity index (χ0v) is 6.99. The van der Waals surface area contributed by atoms with Crippen molar-refractivity contribution in [2.75, 3.05) is 33.4 Å². The number of likely N-dealkylation sites (N-methyl/N-ethyl adjacent to an activating group) is 1. The van der Waals surface area contributed by atoms with E-state index in [0.717, 1.165) is 5.06 Å². The maximum Gasteiger partial charge on any atom is 0.404 e. The van der Waals surface area contributed by atoms with Crippen LogP contribution in [-0.4, -0.2) is 54.8 Å². The molecule has 0 aliphatic carbocycles. The van der Waals surface area contributed by atoms with Crippen molar-refractivity contribution in [3.63, 3.8) is 0 Å². The van der Waals surface area contributed by atoms with Gasteiger partial charge in [0.05, 0.1) is 13.2 Å². The molecule has 0 aromatic rings. The Bertz CT molecular complexity index is 129. The van der Waals surface area contributed by atoms with Crippen LogP contribution >= 0.6 is 0 Å². The molecule has 0 radical (unpaired) electrons. The van der Waals surface area contributed by atoms with Crippen LogP contribution in [0.1, 0.15) is 0 Å². The fraction of sp³-hybridized carbons (Fsp3) is 0.833. The second-order valence-electron chi connectivity index (χ2n) is 2.23. The second-order valence-corrected chi connectivity index (χ2v) is 2.23. The van der Waals surface area contributed by atoms with Crippen LogP contribution < -0.4 is 5.32 Å². The van der Waals surface area contributed by atoms with Crippen molar-refractivity contribution in [3.8, 4) is 0 Å². The molecule has 0 fully saturated rings. The molecule has 0 aliphatic rings.